The molecule has 0 aromatic heterocycles. The van der Waals surface area contributed by atoms with Gasteiger partial charge in [-0.15, -0.1) is 0 Å². The largest absolute Gasteiger partial charge is 0.454 e. The van der Waals surface area contributed by atoms with Crippen LogP contribution in [0.4, 0.5) is 4.39 Å². The monoisotopic (exact) mass is 331 g/mol. The molecule has 0 atom stereocenters. The maximum absolute atomic E-state index is 13.0. The van der Waals surface area contributed by atoms with Gasteiger partial charge in [-0.3, -0.25) is 5.43 Å². The van der Waals surface area contributed by atoms with E-state index in [1.807, 2.05) is 18.2 Å². The Kier molecular flexibility index (Phi) is 4.68. The summed E-state index contributed by atoms with van der Waals surface area (Å²) in [7, 11) is 0. The van der Waals surface area contributed by atoms with E-state index in [4.69, 9.17) is 21.7 Å². The molecule has 2 aromatic carbocycles. The Morgan fingerprint density at radius 1 is 1.22 bits per heavy atom. The van der Waals surface area contributed by atoms with Gasteiger partial charge >= 0.3 is 0 Å². The fraction of sp³-hybridized carbons (Fsp3) is 0.125. The van der Waals surface area contributed by atoms with Crippen molar-refractivity contribution in [2.24, 2.45) is 5.10 Å². The highest BCUT2D eigenvalue weighted by molar-refractivity contribution is 7.80. The van der Waals surface area contributed by atoms with Crippen molar-refractivity contribution in [1.29, 1.82) is 0 Å². The van der Waals surface area contributed by atoms with Crippen molar-refractivity contribution < 1.29 is 13.9 Å². The maximum Gasteiger partial charge on any atom is 0.231 e. The number of thiocarbonyl (C=S) groups is 1. The van der Waals surface area contributed by atoms with Gasteiger partial charge in [-0.05, 0) is 47.6 Å². The molecule has 0 spiro atoms. The molecule has 0 radical (unpaired) electrons. The number of rotatable bonds is 4. The number of benzene rings is 2. The van der Waals surface area contributed by atoms with Gasteiger partial charge in [-0.2, -0.15) is 5.10 Å². The minimum Gasteiger partial charge on any atom is -0.454 e. The van der Waals surface area contributed by atoms with Gasteiger partial charge in [-0.1, -0.05) is 18.2 Å². The molecule has 118 valence electrons. The second kappa shape index (κ2) is 7.06. The van der Waals surface area contributed by atoms with Crippen molar-refractivity contribution in [3.63, 3.8) is 0 Å². The molecule has 0 unspecified atom stereocenters. The third kappa shape index (κ3) is 4.17. The van der Waals surface area contributed by atoms with Crippen molar-refractivity contribution in [2.75, 3.05) is 6.79 Å². The van der Waals surface area contributed by atoms with Crippen LogP contribution < -0.4 is 20.2 Å². The predicted octanol–water partition coefficient (Wildman–Crippen LogP) is 2.55. The van der Waals surface area contributed by atoms with E-state index in [2.05, 4.69) is 15.8 Å². The summed E-state index contributed by atoms with van der Waals surface area (Å²) in [6.07, 6.45) is 1.50. The smallest absolute Gasteiger partial charge is 0.231 e. The standard InChI is InChI=1S/C16H14FN3O2S/c17-13-3-1-2-11(6-13)9-19-20-16(23)18-8-12-4-5-14-15(7-12)22-10-21-14/h1-7,9H,8,10H2,(H2,18,20,23)/b19-9-. The number of nitrogens with one attached hydrogen (secondary N) is 2. The van der Waals surface area contributed by atoms with Crippen LogP contribution in [0.5, 0.6) is 11.5 Å². The van der Waals surface area contributed by atoms with E-state index in [9.17, 15) is 4.39 Å². The third-order valence-corrected chi connectivity index (χ3v) is 3.35. The van der Waals surface area contributed by atoms with Crippen LogP contribution in [0.25, 0.3) is 0 Å². The highest BCUT2D eigenvalue weighted by Crippen LogP contribution is 2.32. The van der Waals surface area contributed by atoms with Crippen molar-refractivity contribution in [2.45, 2.75) is 6.54 Å². The summed E-state index contributed by atoms with van der Waals surface area (Å²) < 4.78 is 23.6. The predicted molar refractivity (Wildman–Crippen MR) is 89.1 cm³/mol. The first-order valence-electron chi connectivity index (χ1n) is 6.92. The molecule has 0 amide bonds. The summed E-state index contributed by atoms with van der Waals surface area (Å²) in [5, 5.41) is 7.36. The topological polar surface area (TPSA) is 54.9 Å². The number of halogens is 1. The summed E-state index contributed by atoms with van der Waals surface area (Å²) in [6.45, 7) is 0.777. The summed E-state index contributed by atoms with van der Waals surface area (Å²) in [6, 6.07) is 11.8. The Balaban J connectivity index is 1.48. The van der Waals surface area contributed by atoms with Crippen LogP contribution in [0, 0.1) is 5.82 Å². The average molecular weight is 331 g/mol. The fourth-order valence-electron chi connectivity index (χ4n) is 2.03. The van der Waals surface area contributed by atoms with Crippen LogP contribution in [0.2, 0.25) is 0 Å². The van der Waals surface area contributed by atoms with Crippen LogP contribution in [-0.4, -0.2) is 18.1 Å². The summed E-state index contributed by atoms with van der Waals surface area (Å²) in [4.78, 5) is 0. The normalized spacial score (nSPS) is 12.4. The number of hydrogen-bond donors (Lipinski definition) is 2. The SMILES string of the molecule is Fc1cccc(/C=N\NC(=S)NCc2ccc3c(c2)OCO3)c1. The lowest BCUT2D eigenvalue weighted by Crippen LogP contribution is -2.31. The molecule has 0 saturated heterocycles. The molecule has 1 heterocycles. The average Bonchev–Trinajstić information content (AvgIpc) is 3.00. The number of hydrogen-bond acceptors (Lipinski definition) is 4. The molecule has 0 fully saturated rings. The molecule has 3 rings (SSSR count). The number of hydrazone groups is 1. The quantitative estimate of drug-likeness (QED) is 0.512. The molecule has 0 bridgehead atoms. The van der Waals surface area contributed by atoms with Crippen LogP contribution >= 0.6 is 12.2 Å². The van der Waals surface area contributed by atoms with E-state index in [0.29, 0.717) is 17.2 Å². The lowest BCUT2D eigenvalue weighted by molar-refractivity contribution is 0.174. The Morgan fingerprint density at radius 3 is 2.96 bits per heavy atom. The van der Waals surface area contributed by atoms with Gasteiger partial charge in [0, 0.05) is 6.54 Å². The molecular weight excluding hydrogens is 317 g/mol. The van der Waals surface area contributed by atoms with Gasteiger partial charge in [0.25, 0.3) is 0 Å². The molecule has 2 aromatic rings. The van der Waals surface area contributed by atoms with E-state index < -0.39 is 0 Å². The second-order valence-electron chi connectivity index (χ2n) is 4.80. The Labute approximate surface area is 138 Å². The lowest BCUT2D eigenvalue weighted by atomic mass is 10.2. The molecule has 1 aliphatic heterocycles. The van der Waals surface area contributed by atoms with Gasteiger partial charge in [0.1, 0.15) is 5.82 Å². The first-order chi connectivity index (χ1) is 11.2. The fourth-order valence-corrected chi connectivity index (χ4v) is 2.15. The van der Waals surface area contributed by atoms with Crippen LogP contribution in [0.3, 0.4) is 0 Å². The number of ether oxygens (including phenoxy) is 2. The van der Waals surface area contributed by atoms with E-state index in [1.54, 1.807) is 12.1 Å². The van der Waals surface area contributed by atoms with Gasteiger partial charge in [-0.25, -0.2) is 4.39 Å². The lowest BCUT2D eigenvalue weighted by Gasteiger charge is -2.07. The minimum absolute atomic E-state index is 0.251. The van der Waals surface area contributed by atoms with Crippen LogP contribution in [0.15, 0.2) is 47.6 Å². The summed E-state index contributed by atoms with van der Waals surface area (Å²) in [5.41, 5.74) is 4.34. The van der Waals surface area contributed by atoms with Crippen molar-refractivity contribution in [3.8, 4) is 11.5 Å². The van der Waals surface area contributed by atoms with Gasteiger partial charge in [0.15, 0.2) is 16.6 Å². The zero-order valence-electron chi connectivity index (χ0n) is 12.1. The van der Waals surface area contributed by atoms with E-state index >= 15 is 0 Å². The molecule has 1 aliphatic rings. The molecule has 0 aliphatic carbocycles. The molecule has 5 nitrogen and oxygen atoms in total. The van der Waals surface area contributed by atoms with E-state index in [1.165, 1.54) is 18.3 Å². The van der Waals surface area contributed by atoms with Gasteiger partial charge < -0.3 is 14.8 Å². The van der Waals surface area contributed by atoms with E-state index in [-0.39, 0.29) is 12.6 Å². The number of fused-ring (bicyclic) bond motifs is 1. The summed E-state index contributed by atoms with van der Waals surface area (Å²) in [5.74, 6) is 1.17. The third-order valence-electron chi connectivity index (χ3n) is 3.12. The van der Waals surface area contributed by atoms with Crippen molar-refractivity contribution in [1.82, 2.24) is 10.7 Å². The first-order valence-corrected chi connectivity index (χ1v) is 7.32. The molecule has 23 heavy (non-hydrogen) atoms. The zero-order chi connectivity index (χ0) is 16.1. The van der Waals surface area contributed by atoms with Crippen molar-refractivity contribution >= 4 is 23.5 Å². The Hall–Kier alpha value is -2.67. The highest BCUT2D eigenvalue weighted by atomic mass is 32.1. The van der Waals surface area contributed by atoms with Crippen LogP contribution in [-0.2, 0) is 6.54 Å². The van der Waals surface area contributed by atoms with Gasteiger partial charge in [0.05, 0.1) is 6.21 Å². The zero-order valence-corrected chi connectivity index (χ0v) is 12.9. The molecule has 7 heteroatoms. The number of nitrogens with zero attached hydrogens (tertiary/aromatic N) is 1. The molecule has 2 N–H and O–H groups in total. The highest BCUT2D eigenvalue weighted by Gasteiger charge is 2.12. The second-order valence-corrected chi connectivity index (χ2v) is 5.20. The first kappa shape index (κ1) is 15.2. The molecule has 0 saturated carbocycles. The Morgan fingerprint density at radius 2 is 2.09 bits per heavy atom. The van der Waals surface area contributed by atoms with E-state index in [0.717, 1.165) is 17.1 Å². The summed E-state index contributed by atoms with van der Waals surface area (Å²) >= 11 is 5.13. The minimum atomic E-state index is -0.308. The Bertz CT molecular complexity index is 752. The maximum atomic E-state index is 13.0. The molecular formula is C16H14FN3O2S. The van der Waals surface area contributed by atoms with Crippen LogP contribution in [0.1, 0.15) is 11.1 Å². The van der Waals surface area contributed by atoms with Gasteiger partial charge in [0.2, 0.25) is 6.79 Å². The van der Waals surface area contributed by atoms with Crippen molar-refractivity contribution in [3.05, 3.63) is 59.4 Å².